The average molecular weight is 299 g/mol. The van der Waals surface area contributed by atoms with Gasteiger partial charge in [-0.2, -0.15) is 0 Å². The standard InChI is InChI=1S/C13H15BrO3/c1-16-12(15)9-13(7-2-8-13)17-11-5-3-10(14)4-6-11/h3-6H,2,7-9H2,1H3. The molecule has 0 heterocycles. The number of hydrogen-bond acceptors (Lipinski definition) is 3. The molecule has 2 rings (SSSR count). The Kier molecular flexibility index (Phi) is 3.72. The van der Waals surface area contributed by atoms with E-state index in [2.05, 4.69) is 15.9 Å². The number of ether oxygens (including phenoxy) is 2. The third-order valence-corrected chi connectivity index (χ3v) is 3.64. The van der Waals surface area contributed by atoms with Gasteiger partial charge in [0, 0.05) is 4.47 Å². The van der Waals surface area contributed by atoms with Crippen molar-refractivity contribution in [2.75, 3.05) is 7.11 Å². The summed E-state index contributed by atoms with van der Waals surface area (Å²) in [6, 6.07) is 7.67. The third-order valence-electron chi connectivity index (χ3n) is 3.11. The van der Waals surface area contributed by atoms with E-state index in [1.54, 1.807) is 0 Å². The van der Waals surface area contributed by atoms with Crippen LogP contribution in [0, 0.1) is 0 Å². The Balaban J connectivity index is 2.04. The fourth-order valence-corrected chi connectivity index (χ4v) is 2.24. The molecule has 4 heteroatoms. The molecule has 1 aromatic carbocycles. The van der Waals surface area contributed by atoms with Crippen molar-refractivity contribution in [2.24, 2.45) is 0 Å². The number of hydrogen-bond donors (Lipinski definition) is 0. The van der Waals surface area contributed by atoms with E-state index in [0.29, 0.717) is 6.42 Å². The highest BCUT2D eigenvalue weighted by molar-refractivity contribution is 9.10. The lowest BCUT2D eigenvalue weighted by atomic mass is 9.77. The monoisotopic (exact) mass is 298 g/mol. The molecule has 0 radical (unpaired) electrons. The first-order valence-corrected chi connectivity index (χ1v) is 6.44. The molecule has 0 bridgehead atoms. The Bertz CT molecular complexity index is 396. The van der Waals surface area contributed by atoms with E-state index >= 15 is 0 Å². The van der Waals surface area contributed by atoms with Crippen LogP contribution in [0.25, 0.3) is 0 Å². The highest BCUT2D eigenvalue weighted by Crippen LogP contribution is 2.39. The van der Waals surface area contributed by atoms with Gasteiger partial charge in [-0.15, -0.1) is 0 Å². The molecule has 0 atom stereocenters. The second-order valence-corrected chi connectivity index (χ2v) is 5.26. The molecule has 0 unspecified atom stereocenters. The van der Waals surface area contributed by atoms with E-state index in [1.165, 1.54) is 7.11 Å². The minimum Gasteiger partial charge on any atom is -0.487 e. The summed E-state index contributed by atoms with van der Waals surface area (Å²) in [5.41, 5.74) is -0.346. The van der Waals surface area contributed by atoms with Crippen molar-refractivity contribution in [3.8, 4) is 5.75 Å². The van der Waals surface area contributed by atoms with Crippen LogP contribution in [0.15, 0.2) is 28.7 Å². The molecule has 92 valence electrons. The third kappa shape index (κ3) is 3.00. The predicted molar refractivity (Wildman–Crippen MR) is 68.0 cm³/mol. The van der Waals surface area contributed by atoms with Gasteiger partial charge >= 0.3 is 5.97 Å². The van der Waals surface area contributed by atoms with Crippen molar-refractivity contribution in [2.45, 2.75) is 31.3 Å². The van der Waals surface area contributed by atoms with Crippen molar-refractivity contribution in [1.82, 2.24) is 0 Å². The van der Waals surface area contributed by atoms with Crippen LogP contribution in [0.1, 0.15) is 25.7 Å². The molecule has 0 N–H and O–H groups in total. The normalized spacial score (nSPS) is 17.1. The highest BCUT2D eigenvalue weighted by atomic mass is 79.9. The molecule has 0 spiro atoms. The second kappa shape index (κ2) is 5.08. The highest BCUT2D eigenvalue weighted by Gasteiger charge is 2.41. The number of rotatable bonds is 4. The van der Waals surface area contributed by atoms with Gasteiger partial charge in [-0.1, -0.05) is 15.9 Å². The molecule has 0 saturated heterocycles. The number of carbonyl (C=O) groups is 1. The largest absolute Gasteiger partial charge is 0.487 e. The molecule has 3 nitrogen and oxygen atoms in total. The SMILES string of the molecule is COC(=O)CC1(Oc2ccc(Br)cc2)CCC1. The molecule has 17 heavy (non-hydrogen) atoms. The van der Waals surface area contributed by atoms with Crippen LogP contribution in [0.2, 0.25) is 0 Å². The van der Waals surface area contributed by atoms with Crippen molar-refractivity contribution < 1.29 is 14.3 Å². The molecule has 0 amide bonds. The smallest absolute Gasteiger partial charge is 0.309 e. The summed E-state index contributed by atoms with van der Waals surface area (Å²) in [6.45, 7) is 0. The zero-order valence-corrected chi connectivity index (χ0v) is 11.3. The van der Waals surface area contributed by atoms with Crippen molar-refractivity contribution in [3.05, 3.63) is 28.7 Å². The van der Waals surface area contributed by atoms with Gasteiger partial charge in [-0.05, 0) is 43.5 Å². The molecule has 1 aliphatic carbocycles. The fraction of sp³-hybridized carbons (Fsp3) is 0.462. The number of benzene rings is 1. The molecular weight excluding hydrogens is 284 g/mol. The Morgan fingerprint density at radius 1 is 1.35 bits per heavy atom. The topological polar surface area (TPSA) is 35.5 Å². The molecule has 1 aromatic rings. The average Bonchev–Trinajstić information content (AvgIpc) is 2.29. The van der Waals surface area contributed by atoms with Gasteiger partial charge in [0.25, 0.3) is 0 Å². The van der Waals surface area contributed by atoms with E-state index in [9.17, 15) is 4.79 Å². The lowest BCUT2D eigenvalue weighted by molar-refractivity contribution is -0.148. The summed E-state index contributed by atoms with van der Waals surface area (Å²) in [6.07, 6.45) is 3.27. The first-order valence-electron chi connectivity index (χ1n) is 5.65. The maximum atomic E-state index is 11.4. The van der Waals surface area contributed by atoms with Crippen LogP contribution in [0.3, 0.4) is 0 Å². The number of esters is 1. The number of carbonyl (C=O) groups excluding carboxylic acids is 1. The summed E-state index contributed by atoms with van der Waals surface area (Å²) >= 11 is 3.38. The number of halogens is 1. The van der Waals surface area contributed by atoms with E-state index in [1.807, 2.05) is 24.3 Å². The van der Waals surface area contributed by atoms with E-state index < -0.39 is 0 Å². The zero-order chi connectivity index (χ0) is 12.3. The van der Waals surface area contributed by atoms with Crippen molar-refractivity contribution in [3.63, 3.8) is 0 Å². The van der Waals surface area contributed by atoms with E-state index in [-0.39, 0.29) is 11.6 Å². The molecular formula is C13H15BrO3. The molecule has 1 saturated carbocycles. The van der Waals surface area contributed by atoms with Crippen molar-refractivity contribution >= 4 is 21.9 Å². The van der Waals surface area contributed by atoms with Gasteiger partial charge in [0.1, 0.15) is 11.4 Å². The van der Waals surface area contributed by atoms with Crippen LogP contribution < -0.4 is 4.74 Å². The van der Waals surface area contributed by atoms with Crippen LogP contribution >= 0.6 is 15.9 Å². The Hall–Kier alpha value is -1.03. The first kappa shape index (κ1) is 12.4. The van der Waals surface area contributed by atoms with Crippen LogP contribution in [-0.4, -0.2) is 18.7 Å². The van der Waals surface area contributed by atoms with Crippen LogP contribution in [-0.2, 0) is 9.53 Å². The van der Waals surface area contributed by atoms with Gasteiger partial charge in [0.2, 0.25) is 0 Å². The van der Waals surface area contributed by atoms with Gasteiger partial charge in [-0.3, -0.25) is 4.79 Å². The lowest BCUT2D eigenvalue weighted by Gasteiger charge is -2.41. The molecule has 1 aliphatic rings. The second-order valence-electron chi connectivity index (χ2n) is 4.35. The minimum absolute atomic E-state index is 0.207. The minimum atomic E-state index is -0.346. The number of methoxy groups -OCH3 is 1. The first-order chi connectivity index (χ1) is 8.13. The molecule has 0 aliphatic heterocycles. The molecule has 1 fully saturated rings. The Morgan fingerprint density at radius 2 is 2.00 bits per heavy atom. The summed E-state index contributed by atoms with van der Waals surface area (Å²) in [4.78, 5) is 11.4. The maximum absolute atomic E-state index is 11.4. The Morgan fingerprint density at radius 3 is 2.47 bits per heavy atom. The van der Waals surface area contributed by atoms with Gasteiger partial charge in [-0.25, -0.2) is 0 Å². The summed E-state index contributed by atoms with van der Waals surface area (Å²) in [5, 5.41) is 0. The van der Waals surface area contributed by atoms with Gasteiger partial charge in [0.05, 0.1) is 13.5 Å². The summed E-state index contributed by atoms with van der Waals surface area (Å²) in [7, 11) is 1.41. The lowest BCUT2D eigenvalue weighted by Crippen LogP contribution is -2.45. The maximum Gasteiger partial charge on any atom is 0.309 e. The predicted octanol–water partition coefficient (Wildman–Crippen LogP) is 3.31. The molecule has 0 aromatic heterocycles. The van der Waals surface area contributed by atoms with Gasteiger partial charge < -0.3 is 9.47 Å². The van der Waals surface area contributed by atoms with Crippen molar-refractivity contribution in [1.29, 1.82) is 0 Å². The van der Waals surface area contributed by atoms with Crippen LogP contribution in [0.4, 0.5) is 0 Å². The summed E-state index contributed by atoms with van der Waals surface area (Å²) in [5.74, 6) is 0.596. The Labute approximate surface area is 109 Å². The zero-order valence-electron chi connectivity index (χ0n) is 9.74. The summed E-state index contributed by atoms with van der Waals surface area (Å²) < 4.78 is 11.7. The van der Waals surface area contributed by atoms with E-state index in [4.69, 9.17) is 9.47 Å². The van der Waals surface area contributed by atoms with Crippen LogP contribution in [0.5, 0.6) is 5.75 Å². The fourth-order valence-electron chi connectivity index (χ4n) is 1.97. The quantitative estimate of drug-likeness (QED) is 0.800. The van der Waals surface area contributed by atoms with Gasteiger partial charge in [0.15, 0.2) is 0 Å². The van der Waals surface area contributed by atoms with E-state index in [0.717, 1.165) is 29.5 Å².